The smallest absolute Gasteiger partial charge is 0.139 e. The molecule has 0 saturated carbocycles. The van der Waals surface area contributed by atoms with E-state index in [0.29, 0.717) is 16.3 Å². The third kappa shape index (κ3) is 4.43. The summed E-state index contributed by atoms with van der Waals surface area (Å²) >= 11 is 6.06. The topological polar surface area (TPSA) is 62.3 Å². The van der Waals surface area contributed by atoms with Crippen LogP contribution in [0, 0.1) is 11.3 Å². The highest BCUT2D eigenvalue weighted by Gasteiger charge is 2.16. The van der Waals surface area contributed by atoms with Crippen LogP contribution in [0.3, 0.4) is 0 Å². The van der Waals surface area contributed by atoms with E-state index in [1.54, 1.807) is 24.4 Å². The van der Waals surface area contributed by atoms with Gasteiger partial charge in [0.2, 0.25) is 0 Å². The number of rotatable bonds is 6. The van der Waals surface area contributed by atoms with Crippen LogP contribution in [-0.4, -0.2) is 23.0 Å². The highest BCUT2D eigenvalue weighted by molar-refractivity contribution is 6.30. The first-order chi connectivity index (χ1) is 11.7. The summed E-state index contributed by atoms with van der Waals surface area (Å²) in [5, 5.41) is 13.0. The molecule has 1 aromatic carbocycles. The first kappa shape index (κ1) is 19.1. The van der Waals surface area contributed by atoms with Crippen molar-refractivity contribution in [1.82, 2.24) is 14.7 Å². The number of halogens is 2. The Morgan fingerprint density at radius 1 is 1.32 bits per heavy atom. The summed E-state index contributed by atoms with van der Waals surface area (Å²) < 4.78 is 8.09. The van der Waals surface area contributed by atoms with Crippen LogP contribution in [0.25, 0.3) is 5.65 Å². The number of aromatic nitrogens is 2. The maximum absolute atomic E-state index is 9.28. The first-order valence-electron chi connectivity index (χ1n) is 7.65. The minimum atomic E-state index is -0.204. The molecule has 0 aliphatic rings. The molecule has 0 fully saturated rings. The molecule has 1 unspecified atom stereocenters. The van der Waals surface area contributed by atoms with Crippen LogP contribution < -0.4 is 10.1 Å². The molecule has 1 N–H and O–H groups in total. The van der Waals surface area contributed by atoms with Crippen LogP contribution in [0.15, 0.2) is 48.9 Å². The highest BCUT2D eigenvalue weighted by atomic mass is 35.5. The number of nitrogens with zero attached hydrogens (tertiary/aromatic N) is 3. The molecule has 0 bridgehead atoms. The molecule has 5 nitrogen and oxygen atoms in total. The predicted octanol–water partition coefficient (Wildman–Crippen LogP) is 4.01. The van der Waals surface area contributed by atoms with E-state index in [1.807, 2.05) is 36.0 Å². The minimum Gasteiger partial charge on any atom is -0.484 e. The van der Waals surface area contributed by atoms with Crippen molar-refractivity contribution < 1.29 is 4.74 Å². The van der Waals surface area contributed by atoms with Crippen LogP contribution in [0.4, 0.5) is 0 Å². The van der Waals surface area contributed by atoms with Crippen LogP contribution in [0.1, 0.15) is 23.7 Å². The van der Waals surface area contributed by atoms with E-state index >= 15 is 0 Å². The lowest BCUT2D eigenvalue weighted by Gasteiger charge is -2.20. The third-order valence-electron chi connectivity index (χ3n) is 3.78. The second-order valence-electron chi connectivity index (χ2n) is 5.40. The molecule has 0 aliphatic carbocycles. The largest absolute Gasteiger partial charge is 0.484 e. The zero-order valence-electron chi connectivity index (χ0n) is 13.6. The van der Waals surface area contributed by atoms with Crippen molar-refractivity contribution >= 4 is 29.7 Å². The fraction of sp³-hybridized carbons (Fsp3) is 0.222. The van der Waals surface area contributed by atoms with Gasteiger partial charge in [-0.3, -0.25) is 0 Å². The van der Waals surface area contributed by atoms with E-state index in [9.17, 15) is 5.26 Å². The van der Waals surface area contributed by atoms with E-state index in [0.717, 1.165) is 24.2 Å². The molecule has 3 rings (SSSR count). The standard InChI is InChI=1S/C18H17ClN4O.ClH/c1-21-6-4-16(13-5-8-23-9-7-22-18(23)10-13)24-17-11-15(19)3-2-14(17)12-20;/h2-3,5,7-11,16,21H,4,6H2,1H3;1H. The molecule has 1 atom stereocenters. The van der Waals surface area contributed by atoms with E-state index in [4.69, 9.17) is 16.3 Å². The maximum atomic E-state index is 9.28. The molecule has 0 amide bonds. The van der Waals surface area contributed by atoms with E-state index in [-0.39, 0.29) is 18.5 Å². The Labute approximate surface area is 157 Å². The Morgan fingerprint density at radius 2 is 2.16 bits per heavy atom. The molecule has 0 spiro atoms. The third-order valence-corrected chi connectivity index (χ3v) is 4.02. The number of hydrogen-bond donors (Lipinski definition) is 1. The lowest BCUT2D eigenvalue weighted by molar-refractivity contribution is 0.194. The van der Waals surface area contributed by atoms with Gasteiger partial charge in [0, 0.05) is 36.1 Å². The summed E-state index contributed by atoms with van der Waals surface area (Å²) in [6, 6.07) is 11.2. The monoisotopic (exact) mass is 376 g/mol. The van der Waals surface area contributed by atoms with Gasteiger partial charge in [-0.1, -0.05) is 11.6 Å². The van der Waals surface area contributed by atoms with E-state index < -0.39 is 0 Å². The van der Waals surface area contributed by atoms with Gasteiger partial charge in [-0.25, -0.2) is 4.98 Å². The van der Waals surface area contributed by atoms with Gasteiger partial charge in [0.1, 0.15) is 23.6 Å². The number of ether oxygens (including phenoxy) is 1. The van der Waals surface area contributed by atoms with Gasteiger partial charge in [0.25, 0.3) is 0 Å². The van der Waals surface area contributed by atoms with Crippen molar-refractivity contribution in [3.05, 3.63) is 65.1 Å². The summed E-state index contributed by atoms with van der Waals surface area (Å²) in [5.74, 6) is 0.495. The maximum Gasteiger partial charge on any atom is 0.139 e. The van der Waals surface area contributed by atoms with Crippen LogP contribution in [0.5, 0.6) is 5.75 Å². The molecule has 7 heteroatoms. The SMILES string of the molecule is CNCCC(Oc1cc(Cl)ccc1C#N)c1ccn2ccnc2c1.Cl. The zero-order chi connectivity index (χ0) is 16.9. The number of benzene rings is 1. The fourth-order valence-corrected chi connectivity index (χ4v) is 2.70. The van der Waals surface area contributed by atoms with Crippen molar-refractivity contribution in [2.45, 2.75) is 12.5 Å². The van der Waals surface area contributed by atoms with Gasteiger partial charge in [0.15, 0.2) is 0 Å². The molecule has 0 saturated heterocycles. The molecule has 2 heterocycles. The van der Waals surface area contributed by atoms with Crippen molar-refractivity contribution in [3.8, 4) is 11.8 Å². The number of fused-ring (bicyclic) bond motifs is 1. The molecule has 0 aliphatic heterocycles. The molecule has 2 aromatic heterocycles. The summed E-state index contributed by atoms with van der Waals surface area (Å²) in [6.45, 7) is 0.784. The van der Waals surface area contributed by atoms with Crippen molar-refractivity contribution in [1.29, 1.82) is 5.26 Å². The lowest BCUT2D eigenvalue weighted by Crippen LogP contribution is -2.17. The van der Waals surface area contributed by atoms with Crippen LogP contribution in [-0.2, 0) is 0 Å². The highest BCUT2D eigenvalue weighted by Crippen LogP contribution is 2.30. The Morgan fingerprint density at radius 3 is 2.92 bits per heavy atom. The van der Waals surface area contributed by atoms with Gasteiger partial charge in [-0.05, 0) is 43.4 Å². The van der Waals surface area contributed by atoms with Gasteiger partial charge in [-0.2, -0.15) is 5.26 Å². The summed E-state index contributed by atoms with van der Waals surface area (Å²) in [7, 11) is 1.90. The Bertz CT molecular complexity index is 888. The fourth-order valence-electron chi connectivity index (χ4n) is 2.53. The van der Waals surface area contributed by atoms with Gasteiger partial charge < -0.3 is 14.5 Å². The molecule has 130 valence electrons. The van der Waals surface area contributed by atoms with Gasteiger partial charge in [0.05, 0.1) is 5.56 Å². The Hall–Kier alpha value is -2.26. The Kier molecular flexibility index (Phi) is 6.65. The number of imidazole rings is 1. The van der Waals surface area contributed by atoms with Crippen LogP contribution >= 0.6 is 24.0 Å². The summed E-state index contributed by atoms with van der Waals surface area (Å²) in [4.78, 5) is 4.32. The minimum absolute atomic E-state index is 0. The molecular weight excluding hydrogens is 359 g/mol. The van der Waals surface area contributed by atoms with E-state index in [1.165, 1.54) is 0 Å². The van der Waals surface area contributed by atoms with Crippen molar-refractivity contribution in [2.75, 3.05) is 13.6 Å². The quantitative estimate of drug-likeness (QED) is 0.705. The number of nitrogens with one attached hydrogen (secondary N) is 1. The zero-order valence-corrected chi connectivity index (χ0v) is 15.2. The normalized spacial score (nSPS) is 11.6. The predicted molar refractivity (Wildman–Crippen MR) is 101 cm³/mol. The number of hydrogen-bond acceptors (Lipinski definition) is 4. The second kappa shape index (κ2) is 8.72. The van der Waals surface area contributed by atoms with Crippen molar-refractivity contribution in [3.63, 3.8) is 0 Å². The van der Waals surface area contributed by atoms with Crippen LogP contribution in [0.2, 0.25) is 5.02 Å². The van der Waals surface area contributed by atoms with Gasteiger partial charge in [-0.15, -0.1) is 12.4 Å². The molecule has 3 aromatic rings. The molecule has 25 heavy (non-hydrogen) atoms. The van der Waals surface area contributed by atoms with Gasteiger partial charge >= 0.3 is 0 Å². The Balaban J connectivity index is 0.00000225. The van der Waals surface area contributed by atoms with E-state index in [2.05, 4.69) is 16.4 Å². The average Bonchev–Trinajstić information content (AvgIpc) is 3.06. The average molecular weight is 377 g/mol. The first-order valence-corrected chi connectivity index (χ1v) is 8.02. The summed E-state index contributed by atoms with van der Waals surface area (Å²) in [6.07, 6.45) is 6.16. The summed E-state index contributed by atoms with van der Waals surface area (Å²) in [5.41, 5.74) is 2.33. The lowest BCUT2D eigenvalue weighted by atomic mass is 10.1. The van der Waals surface area contributed by atoms with Crippen molar-refractivity contribution in [2.24, 2.45) is 0 Å². The second-order valence-corrected chi connectivity index (χ2v) is 5.84. The molecule has 0 radical (unpaired) electrons. The number of nitriles is 1. The molecular formula is C18H18Cl2N4O. The number of pyridine rings is 1.